The number of halogens is 3. The molecule has 2 fully saturated rings. The lowest BCUT2D eigenvalue weighted by molar-refractivity contribution is -0.136. The number of amides is 1. The van der Waals surface area contributed by atoms with Crippen molar-refractivity contribution in [2.24, 2.45) is 11.8 Å². The highest BCUT2D eigenvalue weighted by atomic mass is 19.4. The van der Waals surface area contributed by atoms with Gasteiger partial charge in [-0.15, -0.1) is 0 Å². The second-order valence-corrected chi connectivity index (χ2v) is 9.49. The molecule has 2 aliphatic heterocycles. The average molecular weight is 449 g/mol. The number of carbonyl (C=O) groups is 1. The minimum Gasteiger partial charge on any atom is -0.369 e. The number of benzene rings is 1. The fraction of sp³-hybridized carbons (Fsp3) is 0.583. The number of likely N-dealkylation sites (tertiary alicyclic amines) is 1. The molecule has 2 aromatic rings. The van der Waals surface area contributed by atoms with E-state index in [4.69, 9.17) is 0 Å². The van der Waals surface area contributed by atoms with Gasteiger partial charge in [0, 0.05) is 42.8 Å². The van der Waals surface area contributed by atoms with E-state index in [9.17, 15) is 18.0 Å². The van der Waals surface area contributed by atoms with Gasteiger partial charge in [0.15, 0.2) is 0 Å². The molecule has 5 nitrogen and oxygen atoms in total. The van der Waals surface area contributed by atoms with E-state index in [1.54, 1.807) is 18.2 Å². The Balaban J connectivity index is 1.49. The van der Waals surface area contributed by atoms with Gasteiger partial charge in [0.05, 0.1) is 11.1 Å². The van der Waals surface area contributed by atoms with Crippen molar-refractivity contribution in [3.8, 4) is 0 Å². The van der Waals surface area contributed by atoms with Gasteiger partial charge in [0.1, 0.15) is 0 Å². The van der Waals surface area contributed by atoms with Crippen LogP contribution in [0.15, 0.2) is 30.5 Å². The third kappa shape index (κ3) is 5.17. The molecule has 1 aromatic heterocycles. The number of rotatable bonds is 4. The van der Waals surface area contributed by atoms with Crippen molar-refractivity contribution >= 4 is 22.5 Å². The van der Waals surface area contributed by atoms with E-state index in [-0.39, 0.29) is 17.5 Å². The van der Waals surface area contributed by atoms with E-state index in [1.165, 1.54) is 6.20 Å². The largest absolute Gasteiger partial charge is 0.418 e. The minimum absolute atomic E-state index is 0.0217. The van der Waals surface area contributed by atoms with Crippen molar-refractivity contribution in [2.75, 3.05) is 38.1 Å². The molecule has 0 aliphatic carbocycles. The molecule has 1 amide bonds. The van der Waals surface area contributed by atoms with Gasteiger partial charge in [0.25, 0.3) is 0 Å². The van der Waals surface area contributed by atoms with Crippen LogP contribution >= 0.6 is 0 Å². The van der Waals surface area contributed by atoms with Crippen LogP contribution < -0.4 is 10.2 Å². The van der Waals surface area contributed by atoms with E-state index in [1.807, 2.05) is 0 Å². The molecular weight excluding hydrogens is 417 g/mol. The standard InChI is InChI=1S/C24H31F3N4O/c1-16-12-18(29-22(32)13-17-7-10-30(2)11-8-17)15-31(14-16)21-6-5-20(24(25,26)27)23-19(21)4-3-9-28-23/h3-6,9,16-18H,7-8,10-15H2,1-2H3,(H,29,32)/t16-,18+/m0/s1. The van der Waals surface area contributed by atoms with E-state index in [0.717, 1.165) is 50.7 Å². The van der Waals surface area contributed by atoms with Crippen LogP contribution in [0, 0.1) is 11.8 Å². The van der Waals surface area contributed by atoms with Gasteiger partial charge in [-0.3, -0.25) is 9.78 Å². The van der Waals surface area contributed by atoms with Gasteiger partial charge < -0.3 is 15.1 Å². The van der Waals surface area contributed by atoms with Crippen molar-refractivity contribution in [3.05, 3.63) is 36.0 Å². The molecule has 0 bridgehead atoms. The number of alkyl halides is 3. The van der Waals surface area contributed by atoms with Gasteiger partial charge in [-0.1, -0.05) is 6.92 Å². The van der Waals surface area contributed by atoms with Gasteiger partial charge >= 0.3 is 6.18 Å². The van der Waals surface area contributed by atoms with Crippen LogP contribution in [0.4, 0.5) is 18.9 Å². The highest BCUT2D eigenvalue weighted by molar-refractivity contribution is 5.94. The molecular formula is C24H31F3N4O. The predicted molar refractivity (Wildman–Crippen MR) is 120 cm³/mol. The Morgan fingerprint density at radius 3 is 2.66 bits per heavy atom. The van der Waals surface area contributed by atoms with E-state index in [2.05, 4.69) is 34.1 Å². The molecule has 8 heteroatoms. The Morgan fingerprint density at radius 1 is 1.19 bits per heavy atom. The lowest BCUT2D eigenvalue weighted by atomic mass is 9.92. The first-order valence-corrected chi connectivity index (χ1v) is 11.4. The summed E-state index contributed by atoms with van der Waals surface area (Å²) < 4.78 is 40.4. The summed E-state index contributed by atoms with van der Waals surface area (Å²) in [5.41, 5.74) is -0.00863. The summed E-state index contributed by atoms with van der Waals surface area (Å²) in [5.74, 6) is 0.817. The molecule has 32 heavy (non-hydrogen) atoms. The molecule has 2 atom stereocenters. The average Bonchev–Trinajstić information content (AvgIpc) is 2.73. The van der Waals surface area contributed by atoms with Crippen molar-refractivity contribution in [1.82, 2.24) is 15.2 Å². The number of nitrogens with zero attached hydrogens (tertiary/aromatic N) is 3. The molecule has 0 saturated carbocycles. The monoisotopic (exact) mass is 448 g/mol. The first-order valence-electron chi connectivity index (χ1n) is 11.4. The Labute approximate surface area is 187 Å². The number of carbonyl (C=O) groups excluding carboxylic acids is 1. The normalized spacial score (nSPS) is 23.5. The smallest absolute Gasteiger partial charge is 0.369 e. The van der Waals surface area contributed by atoms with Crippen LogP contribution in [0.5, 0.6) is 0 Å². The molecule has 3 heterocycles. The van der Waals surface area contributed by atoms with Gasteiger partial charge in [-0.25, -0.2) is 0 Å². The fourth-order valence-electron chi connectivity index (χ4n) is 5.13. The summed E-state index contributed by atoms with van der Waals surface area (Å²) in [6.45, 7) is 5.49. The molecule has 2 saturated heterocycles. The zero-order valence-electron chi connectivity index (χ0n) is 18.7. The Hall–Kier alpha value is -2.35. The van der Waals surface area contributed by atoms with Gasteiger partial charge in [-0.05, 0) is 75.5 Å². The SMILES string of the molecule is C[C@H]1C[C@@H](NC(=O)CC2CCN(C)CC2)CN(c2ccc(C(F)(F)F)c3ncccc23)C1. The van der Waals surface area contributed by atoms with Crippen LogP contribution in [-0.2, 0) is 11.0 Å². The topological polar surface area (TPSA) is 48.5 Å². The summed E-state index contributed by atoms with van der Waals surface area (Å²) in [4.78, 5) is 21.1. The molecule has 4 rings (SSSR count). The summed E-state index contributed by atoms with van der Waals surface area (Å²) >= 11 is 0. The third-order valence-corrected chi connectivity index (χ3v) is 6.73. The summed E-state index contributed by atoms with van der Waals surface area (Å²) in [5, 5.41) is 3.69. The Kier molecular flexibility index (Phi) is 6.60. The summed E-state index contributed by atoms with van der Waals surface area (Å²) in [6, 6.07) is 6.01. The minimum atomic E-state index is -4.45. The molecule has 0 spiro atoms. The Morgan fingerprint density at radius 2 is 1.94 bits per heavy atom. The fourth-order valence-corrected chi connectivity index (χ4v) is 5.13. The second kappa shape index (κ2) is 9.25. The molecule has 2 aliphatic rings. The molecule has 1 N–H and O–H groups in total. The van der Waals surface area contributed by atoms with Gasteiger partial charge in [0.2, 0.25) is 5.91 Å². The number of fused-ring (bicyclic) bond motifs is 1. The molecule has 174 valence electrons. The number of hydrogen-bond donors (Lipinski definition) is 1. The van der Waals surface area contributed by atoms with E-state index in [0.29, 0.717) is 30.2 Å². The highest BCUT2D eigenvalue weighted by Crippen LogP contribution is 2.38. The van der Waals surface area contributed by atoms with E-state index >= 15 is 0 Å². The van der Waals surface area contributed by atoms with Crippen molar-refractivity contribution in [2.45, 2.75) is 44.8 Å². The van der Waals surface area contributed by atoms with E-state index < -0.39 is 11.7 Å². The van der Waals surface area contributed by atoms with Crippen LogP contribution in [0.2, 0.25) is 0 Å². The quantitative estimate of drug-likeness (QED) is 0.757. The zero-order chi connectivity index (χ0) is 22.9. The van der Waals surface area contributed by atoms with Crippen LogP contribution in [-0.4, -0.2) is 55.1 Å². The predicted octanol–water partition coefficient (Wildman–Crippen LogP) is 4.32. The maximum absolute atomic E-state index is 13.5. The third-order valence-electron chi connectivity index (χ3n) is 6.73. The first kappa shape index (κ1) is 22.8. The highest BCUT2D eigenvalue weighted by Gasteiger charge is 2.35. The van der Waals surface area contributed by atoms with Gasteiger partial charge in [-0.2, -0.15) is 13.2 Å². The second-order valence-electron chi connectivity index (χ2n) is 9.49. The number of piperidine rings is 2. The summed E-state index contributed by atoms with van der Waals surface area (Å²) in [7, 11) is 2.11. The Bertz CT molecular complexity index is 956. The lowest BCUT2D eigenvalue weighted by Crippen LogP contribution is -2.51. The lowest BCUT2D eigenvalue weighted by Gasteiger charge is -2.39. The molecule has 1 aromatic carbocycles. The van der Waals surface area contributed by atoms with Crippen LogP contribution in [0.1, 0.15) is 38.2 Å². The number of pyridine rings is 1. The maximum atomic E-state index is 13.5. The van der Waals surface area contributed by atoms with Crippen molar-refractivity contribution in [1.29, 1.82) is 0 Å². The summed E-state index contributed by atoms with van der Waals surface area (Å²) in [6.07, 6.45) is 0.443. The number of aromatic nitrogens is 1. The van der Waals surface area contributed by atoms with Crippen LogP contribution in [0.25, 0.3) is 10.9 Å². The van der Waals surface area contributed by atoms with Crippen molar-refractivity contribution < 1.29 is 18.0 Å². The zero-order valence-corrected chi connectivity index (χ0v) is 18.7. The molecule has 0 unspecified atom stereocenters. The van der Waals surface area contributed by atoms with Crippen molar-refractivity contribution in [3.63, 3.8) is 0 Å². The number of anilines is 1. The number of hydrogen-bond acceptors (Lipinski definition) is 4. The van der Waals surface area contributed by atoms with Crippen LogP contribution in [0.3, 0.4) is 0 Å². The number of nitrogens with one attached hydrogen (secondary N) is 1. The first-order chi connectivity index (χ1) is 15.2. The molecule has 0 radical (unpaired) electrons. The maximum Gasteiger partial charge on any atom is 0.418 e.